The zero-order valence-electron chi connectivity index (χ0n) is 7.05. The molecule has 0 saturated heterocycles. The maximum absolute atomic E-state index is 11.1. The van der Waals surface area contributed by atoms with Crippen LogP contribution in [0, 0.1) is 5.92 Å². The summed E-state index contributed by atoms with van der Waals surface area (Å²) in [6.45, 7) is 1.78. The van der Waals surface area contributed by atoms with Gasteiger partial charge in [-0.15, -0.1) is 0 Å². The monoisotopic (exact) mass is 156 g/mol. The molecular weight excluding hydrogens is 140 g/mol. The first kappa shape index (κ1) is 8.72. The number of hydrogen-bond donors (Lipinski definition) is 1. The lowest BCUT2D eigenvalue weighted by atomic mass is 9.99. The molecule has 11 heavy (non-hydrogen) atoms. The molecule has 0 amide bonds. The standard InChI is InChI=1S/C9H16O2/c1-7(10)5-6-8-3-2-4-9(8)11/h7-8,10H,2-6H2,1H3. The van der Waals surface area contributed by atoms with Crippen molar-refractivity contribution in [2.45, 2.75) is 45.1 Å². The van der Waals surface area contributed by atoms with Gasteiger partial charge in [0.2, 0.25) is 0 Å². The van der Waals surface area contributed by atoms with Crippen LogP contribution in [0.3, 0.4) is 0 Å². The molecule has 2 nitrogen and oxygen atoms in total. The number of rotatable bonds is 3. The van der Waals surface area contributed by atoms with Crippen LogP contribution in [0.1, 0.15) is 39.0 Å². The molecule has 0 spiro atoms. The van der Waals surface area contributed by atoms with Crippen LogP contribution in [0.15, 0.2) is 0 Å². The largest absolute Gasteiger partial charge is 0.393 e. The van der Waals surface area contributed by atoms with E-state index in [1.165, 1.54) is 0 Å². The molecule has 0 aromatic carbocycles. The average molecular weight is 156 g/mol. The second-order valence-corrected chi connectivity index (χ2v) is 3.48. The minimum Gasteiger partial charge on any atom is -0.393 e. The summed E-state index contributed by atoms with van der Waals surface area (Å²) in [5.41, 5.74) is 0. The summed E-state index contributed by atoms with van der Waals surface area (Å²) in [5.74, 6) is 0.676. The molecule has 1 aliphatic carbocycles. The summed E-state index contributed by atoms with van der Waals surface area (Å²) in [5, 5.41) is 8.99. The van der Waals surface area contributed by atoms with Crippen molar-refractivity contribution in [3.8, 4) is 0 Å². The highest BCUT2D eigenvalue weighted by Crippen LogP contribution is 2.25. The van der Waals surface area contributed by atoms with Gasteiger partial charge in [0.15, 0.2) is 0 Å². The van der Waals surface area contributed by atoms with Crippen LogP contribution in [0.5, 0.6) is 0 Å². The average Bonchev–Trinajstić information content (AvgIpc) is 2.31. The summed E-state index contributed by atoms with van der Waals surface area (Å²) < 4.78 is 0. The zero-order chi connectivity index (χ0) is 8.27. The fourth-order valence-electron chi connectivity index (χ4n) is 1.64. The highest BCUT2D eigenvalue weighted by Gasteiger charge is 2.23. The molecule has 1 saturated carbocycles. The van der Waals surface area contributed by atoms with E-state index in [1.807, 2.05) is 0 Å². The number of Topliss-reactive ketones (excluding diaryl/α,β-unsaturated/α-hetero) is 1. The third-order valence-corrected chi connectivity index (χ3v) is 2.36. The molecule has 2 atom stereocenters. The molecule has 1 aliphatic rings. The first-order valence-corrected chi connectivity index (χ1v) is 4.41. The zero-order valence-corrected chi connectivity index (χ0v) is 7.05. The third kappa shape index (κ3) is 2.62. The molecule has 0 heterocycles. The van der Waals surface area contributed by atoms with Crippen molar-refractivity contribution in [3.05, 3.63) is 0 Å². The van der Waals surface area contributed by atoms with Crippen molar-refractivity contribution in [1.82, 2.24) is 0 Å². The second kappa shape index (κ2) is 3.86. The summed E-state index contributed by atoms with van der Waals surface area (Å²) in [6, 6.07) is 0. The summed E-state index contributed by atoms with van der Waals surface area (Å²) in [7, 11) is 0. The Morgan fingerprint density at radius 3 is 2.91 bits per heavy atom. The molecular formula is C9H16O2. The van der Waals surface area contributed by atoms with Gasteiger partial charge < -0.3 is 5.11 Å². The Morgan fingerprint density at radius 1 is 1.73 bits per heavy atom. The minimum absolute atomic E-state index is 0.247. The van der Waals surface area contributed by atoms with Crippen molar-refractivity contribution in [3.63, 3.8) is 0 Å². The number of carbonyl (C=O) groups excluding carboxylic acids is 1. The van der Waals surface area contributed by atoms with Gasteiger partial charge in [-0.1, -0.05) is 0 Å². The van der Waals surface area contributed by atoms with Gasteiger partial charge in [0.05, 0.1) is 6.10 Å². The lowest BCUT2D eigenvalue weighted by molar-refractivity contribution is -0.120. The number of ketones is 1. The van der Waals surface area contributed by atoms with Gasteiger partial charge in [-0.05, 0) is 32.6 Å². The van der Waals surface area contributed by atoms with Gasteiger partial charge >= 0.3 is 0 Å². The Balaban J connectivity index is 2.20. The Kier molecular flexibility index (Phi) is 3.06. The minimum atomic E-state index is -0.247. The van der Waals surface area contributed by atoms with Gasteiger partial charge in [0.25, 0.3) is 0 Å². The van der Waals surface area contributed by atoms with Crippen LogP contribution in [0.25, 0.3) is 0 Å². The quantitative estimate of drug-likeness (QED) is 0.672. The van der Waals surface area contributed by atoms with Crippen molar-refractivity contribution >= 4 is 5.78 Å². The molecule has 0 aromatic rings. The highest BCUT2D eigenvalue weighted by atomic mass is 16.3. The van der Waals surface area contributed by atoms with E-state index < -0.39 is 0 Å². The number of aliphatic hydroxyl groups is 1. The number of carbonyl (C=O) groups is 1. The predicted octanol–water partition coefficient (Wildman–Crippen LogP) is 1.52. The SMILES string of the molecule is CC(O)CCC1CCCC1=O. The molecule has 64 valence electrons. The Morgan fingerprint density at radius 2 is 2.45 bits per heavy atom. The van der Waals surface area contributed by atoms with Gasteiger partial charge in [-0.3, -0.25) is 4.79 Å². The van der Waals surface area contributed by atoms with Crippen molar-refractivity contribution in [2.75, 3.05) is 0 Å². The maximum Gasteiger partial charge on any atom is 0.135 e. The summed E-state index contributed by atoms with van der Waals surface area (Å²) in [6.07, 6.45) is 4.29. The van der Waals surface area contributed by atoms with E-state index in [-0.39, 0.29) is 12.0 Å². The summed E-state index contributed by atoms with van der Waals surface area (Å²) in [4.78, 5) is 11.1. The lowest BCUT2D eigenvalue weighted by Crippen LogP contribution is -2.09. The van der Waals surface area contributed by atoms with Crippen molar-refractivity contribution in [2.24, 2.45) is 5.92 Å². The van der Waals surface area contributed by atoms with E-state index >= 15 is 0 Å². The molecule has 0 aromatic heterocycles. The topological polar surface area (TPSA) is 37.3 Å². The van der Waals surface area contributed by atoms with Crippen LogP contribution in [0.4, 0.5) is 0 Å². The Bertz CT molecular complexity index is 140. The molecule has 0 aliphatic heterocycles. The van der Waals surface area contributed by atoms with Crippen molar-refractivity contribution in [1.29, 1.82) is 0 Å². The van der Waals surface area contributed by atoms with E-state index in [9.17, 15) is 4.79 Å². The van der Waals surface area contributed by atoms with Crippen LogP contribution in [-0.2, 0) is 4.79 Å². The van der Waals surface area contributed by atoms with E-state index in [4.69, 9.17) is 5.11 Å². The van der Waals surface area contributed by atoms with Gasteiger partial charge in [0.1, 0.15) is 5.78 Å². The van der Waals surface area contributed by atoms with Crippen LogP contribution < -0.4 is 0 Å². The molecule has 1 rings (SSSR count). The highest BCUT2D eigenvalue weighted by molar-refractivity contribution is 5.82. The molecule has 1 N–H and O–H groups in total. The Hall–Kier alpha value is -0.370. The predicted molar refractivity (Wildman–Crippen MR) is 43.3 cm³/mol. The molecule has 0 radical (unpaired) electrons. The van der Waals surface area contributed by atoms with Gasteiger partial charge in [0, 0.05) is 12.3 Å². The molecule has 2 heteroatoms. The van der Waals surface area contributed by atoms with E-state index in [0.717, 1.165) is 32.1 Å². The molecule has 1 fully saturated rings. The maximum atomic E-state index is 11.1. The van der Waals surface area contributed by atoms with Gasteiger partial charge in [-0.25, -0.2) is 0 Å². The van der Waals surface area contributed by atoms with E-state index in [1.54, 1.807) is 6.92 Å². The van der Waals surface area contributed by atoms with Crippen LogP contribution in [-0.4, -0.2) is 17.0 Å². The normalized spacial score (nSPS) is 27.5. The summed E-state index contributed by atoms with van der Waals surface area (Å²) >= 11 is 0. The fourth-order valence-corrected chi connectivity index (χ4v) is 1.64. The van der Waals surface area contributed by atoms with Gasteiger partial charge in [-0.2, -0.15) is 0 Å². The van der Waals surface area contributed by atoms with Crippen LogP contribution in [0.2, 0.25) is 0 Å². The second-order valence-electron chi connectivity index (χ2n) is 3.48. The first-order chi connectivity index (χ1) is 5.20. The molecule has 2 unspecified atom stereocenters. The van der Waals surface area contributed by atoms with Crippen molar-refractivity contribution < 1.29 is 9.90 Å². The van der Waals surface area contributed by atoms with Crippen LogP contribution >= 0.6 is 0 Å². The first-order valence-electron chi connectivity index (χ1n) is 4.41. The number of aliphatic hydroxyl groups excluding tert-OH is 1. The molecule has 0 bridgehead atoms. The Labute approximate surface area is 67.6 Å². The fraction of sp³-hybridized carbons (Fsp3) is 0.889. The van der Waals surface area contributed by atoms with E-state index in [2.05, 4.69) is 0 Å². The number of hydrogen-bond acceptors (Lipinski definition) is 2. The lowest BCUT2D eigenvalue weighted by Gasteiger charge is -2.08. The smallest absolute Gasteiger partial charge is 0.135 e. The third-order valence-electron chi connectivity index (χ3n) is 2.36. The van der Waals surface area contributed by atoms with E-state index in [0.29, 0.717) is 5.78 Å².